The molecule has 0 aliphatic heterocycles. The largest absolute Gasteiger partial charge is 0.506 e. The van der Waals surface area contributed by atoms with Gasteiger partial charge in [0.05, 0.1) is 15.9 Å². The van der Waals surface area contributed by atoms with Gasteiger partial charge in [-0.3, -0.25) is 4.79 Å². The summed E-state index contributed by atoms with van der Waals surface area (Å²) in [4.78, 5) is 11.1. The van der Waals surface area contributed by atoms with Crippen LogP contribution >= 0.6 is 34.8 Å². The van der Waals surface area contributed by atoms with Gasteiger partial charge in [-0.2, -0.15) is 0 Å². The van der Waals surface area contributed by atoms with Crippen molar-refractivity contribution in [3.63, 3.8) is 0 Å². The van der Waals surface area contributed by atoms with Crippen molar-refractivity contribution in [2.45, 2.75) is 0 Å². The quantitative estimate of drug-likeness (QED) is 0.636. The lowest BCUT2D eigenvalue weighted by atomic mass is 10.1. The number of ketones is 1. The lowest BCUT2D eigenvalue weighted by Gasteiger charge is -2.03. The number of Topliss-reactive ketones (excluding diaryl/α,β-unsaturated/α-hetero) is 1. The first kappa shape index (κ1) is 10.6. The van der Waals surface area contributed by atoms with E-state index >= 15 is 0 Å². The molecule has 0 atom stereocenters. The minimum atomic E-state index is -0.348. The third kappa shape index (κ3) is 2.27. The SMILES string of the molecule is O=C(CCl)c1cc(O)c(Cl)cc1Cl. The number of phenols is 1. The summed E-state index contributed by atoms with van der Waals surface area (Å²) in [6.07, 6.45) is 0. The normalized spacial score (nSPS) is 10.1. The molecule has 5 heteroatoms. The average molecular weight is 239 g/mol. The molecule has 0 saturated heterocycles. The summed E-state index contributed by atoms with van der Waals surface area (Å²) in [6, 6.07) is 2.51. The highest BCUT2D eigenvalue weighted by Gasteiger charge is 2.12. The van der Waals surface area contributed by atoms with Gasteiger partial charge in [0.2, 0.25) is 0 Å². The number of phenolic OH excluding ortho intramolecular Hbond substituents is 1. The van der Waals surface area contributed by atoms with Crippen molar-refractivity contribution in [1.29, 1.82) is 0 Å². The number of benzene rings is 1. The number of hydrogen-bond donors (Lipinski definition) is 1. The van der Waals surface area contributed by atoms with E-state index in [4.69, 9.17) is 34.8 Å². The van der Waals surface area contributed by atoms with Gasteiger partial charge < -0.3 is 5.11 Å². The highest BCUT2D eigenvalue weighted by molar-refractivity contribution is 6.39. The molecule has 13 heavy (non-hydrogen) atoms. The predicted octanol–water partition coefficient (Wildman–Crippen LogP) is 3.12. The molecule has 0 bridgehead atoms. The van der Waals surface area contributed by atoms with Crippen LogP contribution in [0.15, 0.2) is 12.1 Å². The second kappa shape index (κ2) is 4.18. The van der Waals surface area contributed by atoms with Crippen LogP contribution in [-0.4, -0.2) is 16.8 Å². The van der Waals surface area contributed by atoms with Crippen molar-refractivity contribution in [1.82, 2.24) is 0 Å². The van der Waals surface area contributed by atoms with Crippen LogP contribution in [0.3, 0.4) is 0 Å². The Morgan fingerprint density at radius 2 is 1.92 bits per heavy atom. The summed E-state index contributed by atoms with van der Waals surface area (Å²) in [7, 11) is 0. The van der Waals surface area contributed by atoms with Crippen molar-refractivity contribution >= 4 is 40.6 Å². The van der Waals surface area contributed by atoms with E-state index in [0.717, 1.165) is 0 Å². The molecule has 0 aliphatic rings. The summed E-state index contributed by atoms with van der Waals surface area (Å²) in [6.45, 7) is 0. The Bertz CT molecular complexity index is 349. The summed E-state index contributed by atoms with van der Waals surface area (Å²) in [5.74, 6) is -0.709. The summed E-state index contributed by atoms with van der Waals surface area (Å²) >= 11 is 16.6. The molecule has 0 fully saturated rings. The highest BCUT2D eigenvalue weighted by Crippen LogP contribution is 2.30. The van der Waals surface area contributed by atoms with Gasteiger partial charge in [-0.15, -0.1) is 11.6 Å². The van der Waals surface area contributed by atoms with Crippen LogP contribution in [0.2, 0.25) is 10.0 Å². The van der Waals surface area contributed by atoms with E-state index in [9.17, 15) is 9.90 Å². The van der Waals surface area contributed by atoms with Gasteiger partial charge in [0, 0.05) is 5.56 Å². The Morgan fingerprint density at radius 3 is 2.46 bits per heavy atom. The third-order valence-electron chi connectivity index (χ3n) is 1.46. The first-order valence-corrected chi connectivity index (χ1v) is 4.62. The molecule has 1 rings (SSSR count). The lowest BCUT2D eigenvalue weighted by molar-refractivity contribution is 0.102. The second-order valence-electron chi connectivity index (χ2n) is 2.34. The maximum Gasteiger partial charge on any atom is 0.179 e. The van der Waals surface area contributed by atoms with Crippen molar-refractivity contribution in [3.05, 3.63) is 27.7 Å². The fourth-order valence-corrected chi connectivity index (χ4v) is 1.46. The number of hydrogen-bond acceptors (Lipinski definition) is 2. The molecule has 70 valence electrons. The van der Waals surface area contributed by atoms with Gasteiger partial charge in [-0.1, -0.05) is 23.2 Å². The first-order valence-electron chi connectivity index (χ1n) is 3.33. The van der Waals surface area contributed by atoms with Crippen LogP contribution in [0.4, 0.5) is 0 Å². The molecule has 0 heterocycles. The Morgan fingerprint density at radius 1 is 1.31 bits per heavy atom. The van der Waals surface area contributed by atoms with Gasteiger partial charge >= 0.3 is 0 Å². The molecule has 0 aromatic heterocycles. The van der Waals surface area contributed by atoms with Gasteiger partial charge in [0.1, 0.15) is 5.75 Å². The molecule has 1 aromatic rings. The molecule has 0 saturated carbocycles. The molecule has 0 amide bonds. The van der Waals surface area contributed by atoms with Crippen LogP contribution in [0.1, 0.15) is 10.4 Å². The Labute approximate surface area is 90.0 Å². The summed E-state index contributed by atoms with van der Waals surface area (Å²) in [5, 5.41) is 9.48. The van der Waals surface area contributed by atoms with E-state index < -0.39 is 0 Å². The van der Waals surface area contributed by atoms with E-state index in [1.165, 1.54) is 12.1 Å². The van der Waals surface area contributed by atoms with Crippen LogP contribution in [-0.2, 0) is 0 Å². The number of carbonyl (C=O) groups is 1. The van der Waals surface area contributed by atoms with Gasteiger partial charge in [0.15, 0.2) is 5.78 Å². The molecule has 0 spiro atoms. The molecule has 2 nitrogen and oxygen atoms in total. The zero-order valence-electron chi connectivity index (χ0n) is 6.35. The third-order valence-corrected chi connectivity index (χ3v) is 2.32. The zero-order valence-corrected chi connectivity index (χ0v) is 8.62. The zero-order chi connectivity index (χ0) is 10.0. The molecule has 0 aliphatic carbocycles. The number of halogens is 3. The standard InChI is InChI=1S/C8H5Cl3O2/c9-3-8(13)4-1-7(12)6(11)2-5(4)10/h1-2,12H,3H2. The molecular weight excluding hydrogens is 234 g/mol. The molecule has 0 unspecified atom stereocenters. The van der Waals surface area contributed by atoms with Crippen LogP contribution in [0.5, 0.6) is 5.75 Å². The predicted molar refractivity (Wildman–Crippen MR) is 53.2 cm³/mol. The van der Waals surface area contributed by atoms with Gasteiger partial charge in [0.25, 0.3) is 0 Å². The van der Waals surface area contributed by atoms with Crippen molar-refractivity contribution in [2.75, 3.05) is 5.88 Å². The Hall–Kier alpha value is -0.440. The maximum absolute atomic E-state index is 11.1. The van der Waals surface area contributed by atoms with E-state index in [0.29, 0.717) is 0 Å². The lowest BCUT2D eigenvalue weighted by Crippen LogP contribution is -2.00. The fraction of sp³-hybridized carbons (Fsp3) is 0.125. The van der Waals surface area contributed by atoms with E-state index in [1.807, 2.05) is 0 Å². The molecule has 1 aromatic carbocycles. The van der Waals surface area contributed by atoms with E-state index in [1.54, 1.807) is 0 Å². The number of carbonyl (C=O) groups excluding carboxylic acids is 1. The molecular formula is C8H5Cl3O2. The smallest absolute Gasteiger partial charge is 0.179 e. The van der Waals surface area contributed by atoms with Crippen LogP contribution in [0.25, 0.3) is 0 Å². The minimum Gasteiger partial charge on any atom is -0.506 e. The number of aromatic hydroxyl groups is 1. The summed E-state index contributed by atoms with van der Waals surface area (Å²) in [5.41, 5.74) is 0.179. The Kier molecular flexibility index (Phi) is 3.42. The fourth-order valence-electron chi connectivity index (χ4n) is 0.823. The van der Waals surface area contributed by atoms with Crippen molar-refractivity contribution in [2.24, 2.45) is 0 Å². The van der Waals surface area contributed by atoms with E-state index in [2.05, 4.69) is 0 Å². The molecule has 0 radical (unpaired) electrons. The van der Waals surface area contributed by atoms with Gasteiger partial charge in [-0.05, 0) is 12.1 Å². The van der Waals surface area contributed by atoms with Crippen LogP contribution in [0, 0.1) is 0 Å². The number of rotatable bonds is 2. The maximum atomic E-state index is 11.1. The van der Waals surface area contributed by atoms with Crippen molar-refractivity contribution in [3.8, 4) is 5.75 Å². The monoisotopic (exact) mass is 238 g/mol. The Balaban J connectivity index is 3.23. The average Bonchev–Trinajstić information content (AvgIpc) is 2.10. The van der Waals surface area contributed by atoms with Gasteiger partial charge in [-0.25, -0.2) is 0 Å². The topological polar surface area (TPSA) is 37.3 Å². The number of alkyl halides is 1. The van der Waals surface area contributed by atoms with Crippen LogP contribution < -0.4 is 0 Å². The first-order chi connectivity index (χ1) is 6.06. The van der Waals surface area contributed by atoms with E-state index in [-0.39, 0.29) is 33.0 Å². The van der Waals surface area contributed by atoms with Crippen molar-refractivity contribution < 1.29 is 9.90 Å². The minimum absolute atomic E-state index is 0.108. The summed E-state index contributed by atoms with van der Waals surface area (Å²) < 4.78 is 0. The second-order valence-corrected chi connectivity index (χ2v) is 3.42. The highest BCUT2D eigenvalue weighted by atomic mass is 35.5. The molecule has 1 N–H and O–H groups in total.